The van der Waals surface area contributed by atoms with Gasteiger partial charge in [-0.05, 0) is 0 Å². The fourth-order valence-electron chi connectivity index (χ4n) is 7.83. The van der Waals surface area contributed by atoms with Crippen LogP contribution in [0.1, 0.15) is 94.3 Å². The summed E-state index contributed by atoms with van der Waals surface area (Å²) in [7, 11) is 0. The van der Waals surface area contributed by atoms with Crippen LogP contribution in [0.15, 0.2) is 136 Å². The van der Waals surface area contributed by atoms with Crippen LogP contribution in [0.25, 0.3) is 16.7 Å². The van der Waals surface area contributed by atoms with E-state index in [-0.39, 0.29) is 35.6 Å². The maximum absolute atomic E-state index is 2.92. The predicted octanol–water partition coefficient (Wildman–Crippen LogP) is 5.38. The van der Waals surface area contributed by atoms with Crippen molar-refractivity contribution in [2.24, 2.45) is 5.92 Å². The number of hydrogen-bond acceptors (Lipinski definition) is 0. The second-order valence-corrected chi connectivity index (χ2v) is 21.6. The minimum absolute atomic E-state index is 0. The molecule has 254 valence electrons. The molecule has 0 bridgehead atoms. The molecule has 2 aliphatic carbocycles. The first kappa shape index (κ1) is 38.2. The van der Waals surface area contributed by atoms with Gasteiger partial charge >= 0.3 is 298 Å². The fraction of sp³-hybridized carbons (Fsp3) is 0.255. The Balaban J connectivity index is 0.00000243. The Hall–Kier alpha value is -3.09. The number of fused-ring (bicyclic) bond motifs is 3. The fourth-order valence-corrected chi connectivity index (χ4v) is 16.6. The van der Waals surface area contributed by atoms with Gasteiger partial charge in [0.25, 0.3) is 0 Å². The number of benzene rings is 5. The van der Waals surface area contributed by atoms with Gasteiger partial charge in [0, 0.05) is 0 Å². The van der Waals surface area contributed by atoms with Gasteiger partial charge in [-0.15, -0.1) is 0 Å². The van der Waals surface area contributed by atoms with Crippen molar-refractivity contribution in [1.29, 1.82) is 0 Å². The van der Waals surface area contributed by atoms with Crippen molar-refractivity contribution in [3.63, 3.8) is 0 Å². The van der Waals surface area contributed by atoms with E-state index in [4.69, 9.17) is 0 Å². The maximum atomic E-state index is 2.56. The molecule has 3 heteroatoms. The van der Waals surface area contributed by atoms with E-state index in [2.05, 4.69) is 183 Å². The molecule has 0 fully saturated rings. The summed E-state index contributed by atoms with van der Waals surface area (Å²) in [6, 6.07) is 46.6. The Bertz CT molecular complexity index is 2040. The molecule has 2 aliphatic rings. The van der Waals surface area contributed by atoms with Gasteiger partial charge in [-0.25, -0.2) is 0 Å². The van der Waals surface area contributed by atoms with Gasteiger partial charge in [0.05, 0.1) is 0 Å². The maximum Gasteiger partial charge on any atom is -1.00 e. The Morgan fingerprint density at radius 2 is 1.12 bits per heavy atom. The van der Waals surface area contributed by atoms with Crippen LogP contribution in [0.4, 0.5) is 0 Å². The molecule has 0 N–H and O–H groups in total. The van der Waals surface area contributed by atoms with E-state index < -0.39 is 21.3 Å². The molecule has 0 heterocycles. The smallest absolute Gasteiger partial charge is 1.00 e. The molecule has 0 amide bonds. The molecule has 0 aromatic heterocycles. The van der Waals surface area contributed by atoms with Gasteiger partial charge in [0.2, 0.25) is 0 Å². The summed E-state index contributed by atoms with van der Waals surface area (Å²) in [5.41, 5.74) is 15.8. The molecule has 5 aromatic carbocycles. The third-order valence-electron chi connectivity index (χ3n) is 10.5. The van der Waals surface area contributed by atoms with Crippen LogP contribution in [0.5, 0.6) is 0 Å². The van der Waals surface area contributed by atoms with E-state index >= 15 is 0 Å². The van der Waals surface area contributed by atoms with Crippen LogP contribution in [0, 0.1) is 5.92 Å². The van der Waals surface area contributed by atoms with Gasteiger partial charge in [-0.3, -0.25) is 0 Å². The summed E-state index contributed by atoms with van der Waals surface area (Å²) < 4.78 is 4.92. The van der Waals surface area contributed by atoms with E-state index in [1.54, 1.807) is 15.3 Å². The monoisotopic (exact) mass is 772 g/mol. The van der Waals surface area contributed by atoms with Gasteiger partial charge in [0.15, 0.2) is 0 Å². The molecular formula is C47H48Cl2Zr. The molecule has 0 nitrogen and oxygen atoms in total. The molecule has 7 rings (SSSR count). The Morgan fingerprint density at radius 3 is 1.68 bits per heavy atom. The third-order valence-corrected chi connectivity index (χ3v) is 19.0. The van der Waals surface area contributed by atoms with Gasteiger partial charge in [-0.1, -0.05) is 0 Å². The van der Waals surface area contributed by atoms with Gasteiger partial charge in [-0.2, -0.15) is 0 Å². The Kier molecular flexibility index (Phi) is 11.3. The van der Waals surface area contributed by atoms with Crippen molar-refractivity contribution < 1.29 is 46.1 Å². The average molecular weight is 775 g/mol. The molecule has 0 saturated heterocycles. The van der Waals surface area contributed by atoms with E-state index in [0.717, 1.165) is 6.42 Å². The van der Waals surface area contributed by atoms with Crippen LogP contribution in [0.3, 0.4) is 0 Å². The van der Waals surface area contributed by atoms with Crippen molar-refractivity contribution in [3.05, 3.63) is 175 Å². The number of allylic oxidation sites excluding steroid dienone is 4. The van der Waals surface area contributed by atoms with Crippen LogP contribution < -0.4 is 28.1 Å². The number of hydrogen-bond donors (Lipinski definition) is 0. The van der Waals surface area contributed by atoms with Crippen molar-refractivity contribution in [2.75, 3.05) is 0 Å². The second kappa shape index (κ2) is 14.9. The Morgan fingerprint density at radius 1 is 0.600 bits per heavy atom. The number of rotatable bonds is 5. The number of halogens is 2. The van der Waals surface area contributed by atoms with Crippen molar-refractivity contribution in [1.82, 2.24) is 0 Å². The summed E-state index contributed by atoms with van der Waals surface area (Å²) >= 11 is -2.92. The molecule has 0 radical (unpaired) electrons. The first-order valence-corrected chi connectivity index (χ1v) is 21.3. The van der Waals surface area contributed by atoms with Crippen LogP contribution in [-0.2, 0) is 38.5 Å². The van der Waals surface area contributed by atoms with E-state index in [1.165, 1.54) is 55.7 Å². The van der Waals surface area contributed by atoms with Crippen molar-refractivity contribution in [3.8, 4) is 11.1 Å². The van der Waals surface area contributed by atoms with Crippen LogP contribution >= 0.6 is 0 Å². The zero-order valence-corrected chi connectivity index (χ0v) is 34.6. The molecule has 50 heavy (non-hydrogen) atoms. The molecule has 5 aromatic rings. The van der Waals surface area contributed by atoms with Crippen LogP contribution in [-0.4, -0.2) is 3.21 Å². The topological polar surface area (TPSA) is 0 Å². The average Bonchev–Trinajstić information content (AvgIpc) is 3.60. The summed E-state index contributed by atoms with van der Waals surface area (Å²) in [5, 5.41) is 0. The first-order valence-electron chi connectivity index (χ1n) is 17.6. The van der Waals surface area contributed by atoms with Crippen molar-refractivity contribution >= 4 is 12.1 Å². The normalized spacial score (nSPS) is 14.9. The Labute approximate surface area is 320 Å². The quantitative estimate of drug-likeness (QED) is 0.221. The summed E-state index contributed by atoms with van der Waals surface area (Å²) in [6.45, 7) is 18.8. The van der Waals surface area contributed by atoms with Gasteiger partial charge < -0.3 is 24.8 Å². The SMILES string of the molecule is CC1=[C]([Zr+2](=[C](c2ccc(C(C)(C)C)cc2)c2ccc(C(C)(C)C)cc2)[c]2cccc3c2Cc2ccccc2-3)C(C)C=C1c1ccccc1.[Cl-].[Cl-]. The molecule has 1 atom stereocenters. The van der Waals surface area contributed by atoms with Gasteiger partial charge in [0.1, 0.15) is 0 Å². The standard InChI is InChI=1S/C21H26.C13H9.C13H13.2ClH.Zr/c1-20(2,3)18-11-7-16(8-12-18)15-17-9-13-19(14-10-17)21(4,5)6;1-3-7-12-10(5-1)9-11-6-2-4-8-13(11)12;1-10-8-11(2)13(9-10)12-6-4-3-5-7-12;;;/h7-14H,1-6H3;1-5,7-8H,9H2;3-7,9-10H,1-2H3;2*1H;/q;;;;;+2/p-2. The molecule has 0 spiro atoms. The summed E-state index contributed by atoms with van der Waals surface area (Å²) in [4.78, 5) is 0. The van der Waals surface area contributed by atoms with Crippen molar-refractivity contribution in [2.45, 2.75) is 72.6 Å². The minimum Gasteiger partial charge on any atom is -1.00 e. The molecule has 0 saturated carbocycles. The predicted molar refractivity (Wildman–Crippen MR) is 204 cm³/mol. The molecular weight excluding hydrogens is 727 g/mol. The summed E-state index contributed by atoms with van der Waals surface area (Å²) in [5.74, 6) is 0.381. The summed E-state index contributed by atoms with van der Waals surface area (Å²) in [6.07, 6.45) is 3.58. The van der Waals surface area contributed by atoms with E-state index in [9.17, 15) is 0 Å². The largest absolute Gasteiger partial charge is 1.00 e. The zero-order valence-electron chi connectivity index (χ0n) is 30.7. The van der Waals surface area contributed by atoms with Crippen LogP contribution in [0.2, 0.25) is 0 Å². The minimum atomic E-state index is -2.92. The zero-order chi connectivity index (χ0) is 33.8. The molecule has 0 aliphatic heterocycles. The molecule has 1 unspecified atom stereocenters. The third kappa shape index (κ3) is 7.17. The van der Waals surface area contributed by atoms with E-state index in [0.29, 0.717) is 5.92 Å². The second-order valence-electron chi connectivity index (χ2n) is 15.8. The first-order chi connectivity index (χ1) is 22.9. The van der Waals surface area contributed by atoms with E-state index in [1.807, 2.05) is 0 Å².